The predicted molar refractivity (Wildman–Crippen MR) is 121 cm³/mol. The van der Waals surface area contributed by atoms with Crippen molar-refractivity contribution < 1.29 is 4.79 Å². The van der Waals surface area contributed by atoms with Crippen molar-refractivity contribution in [2.75, 3.05) is 11.9 Å². The SMILES string of the molecule is N[C@H](C(=O)NCC1CCC(c2ccnc(Nc3ccccn3)n2)CC1)c1ccccc1. The molecule has 1 fully saturated rings. The quantitative estimate of drug-likeness (QED) is 0.542. The van der Waals surface area contributed by atoms with Gasteiger partial charge in [0.2, 0.25) is 11.9 Å². The number of hydrogen-bond acceptors (Lipinski definition) is 6. The number of amides is 1. The van der Waals surface area contributed by atoms with Crippen LogP contribution in [0.4, 0.5) is 11.8 Å². The molecule has 7 heteroatoms. The van der Waals surface area contributed by atoms with Crippen molar-refractivity contribution in [2.24, 2.45) is 11.7 Å². The molecule has 0 radical (unpaired) electrons. The number of anilines is 2. The second-order valence-corrected chi connectivity index (χ2v) is 8.00. The van der Waals surface area contributed by atoms with Gasteiger partial charge in [-0.2, -0.15) is 0 Å². The van der Waals surface area contributed by atoms with Crippen molar-refractivity contribution in [1.29, 1.82) is 0 Å². The van der Waals surface area contributed by atoms with Crippen molar-refractivity contribution in [3.63, 3.8) is 0 Å². The molecule has 4 N–H and O–H groups in total. The summed E-state index contributed by atoms with van der Waals surface area (Å²) < 4.78 is 0. The number of hydrogen-bond donors (Lipinski definition) is 3. The van der Waals surface area contributed by atoms with E-state index in [1.54, 1.807) is 12.4 Å². The minimum absolute atomic E-state index is 0.116. The summed E-state index contributed by atoms with van der Waals surface area (Å²) in [5, 5.41) is 6.19. The Labute approximate surface area is 182 Å². The van der Waals surface area contributed by atoms with Crippen LogP contribution in [0.3, 0.4) is 0 Å². The van der Waals surface area contributed by atoms with E-state index in [-0.39, 0.29) is 5.91 Å². The Morgan fingerprint density at radius 1 is 0.968 bits per heavy atom. The molecule has 0 aliphatic heterocycles. The lowest BCUT2D eigenvalue weighted by atomic mass is 9.80. The average molecular weight is 417 g/mol. The Kier molecular flexibility index (Phi) is 6.84. The molecule has 1 atom stereocenters. The summed E-state index contributed by atoms with van der Waals surface area (Å²) in [6.45, 7) is 0.669. The lowest BCUT2D eigenvalue weighted by Gasteiger charge is -2.28. The molecule has 7 nitrogen and oxygen atoms in total. The molecule has 1 saturated carbocycles. The molecule has 0 spiro atoms. The minimum atomic E-state index is -0.622. The Balaban J connectivity index is 1.26. The van der Waals surface area contributed by atoms with Crippen LogP contribution in [-0.2, 0) is 4.79 Å². The molecule has 1 aromatic carbocycles. The van der Waals surface area contributed by atoms with Crippen molar-refractivity contribution in [2.45, 2.75) is 37.6 Å². The number of nitrogens with zero attached hydrogens (tertiary/aromatic N) is 3. The number of rotatable bonds is 7. The van der Waals surface area contributed by atoms with E-state index in [0.717, 1.165) is 42.8 Å². The number of carbonyl (C=O) groups excluding carboxylic acids is 1. The first-order chi connectivity index (χ1) is 15.2. The van der Waals surface area contributed by atoms with Crippen LogP contribution in [0, 0.1) is 5.92 Å². The largest absolute Gasteiger partial charge is 0.354 e. The van der Waals surface area contributed by atoms with Gasteiger partial charge in [0.05, 0.1) is 0 Å². The molecule has 2 aromatic heterocycles. The Bertz CT molecular complexity index is 974. The first-order valence-corrected chi connectivity index (χ1v) is 10.8. The number of nitrogens with one attached hydrogen (secondary N) is 2. The van der Waals surface area contributed by atoms with Crippen LogP contribution in [0.5, 0.6) is 0 Å². The van der Waals surface area contributed by atoms with Gasteiger partial charge in [0.25, 0.3) is 0 Å². The second kappa shape index (κ2) is 10.1. The number of aromatic nitrogens is 3. The normalized spacial score (nSPS) is 19.4. The van der Waals surface area contributed by atoms with Crippen molar-refractivity contribution in [3.8, 4) is 0 Å². The fourth-order valence-electron chi connectivity index (χ4n) is 4.04. The van der Waals surface area contributed by atoms with Gasteiger partial charge in [-0.15, -0.1) is 0 Å². The number of carbonyl (C=O) groups is 1. The second-order valence-electron chi connectivity index (χ2n) is 8.00. The first-order valence-electron chi connectivity index (χ1n) is 10.8. The van der Waals surface area contributed by atoms with Crippen LogP contribution in [0.2, 0.25) is 0 Å². The van der Waals surface area contributed by atoms with Gasteiger partial charge < -0.3 is 16.4 Å². The first kappa shape index (κ1) is 20.9. The number of pyridine rings is 1. The Morgan fingerprint density at radius 3 is 2.48 bits per heavy atom. The lowest BCUT2D eigenvalue weighted by Crippen LogP contribution is -2.37. The highest BCUT2D eigenvalue weighted by atomic mass is 16.2. The molecule has 2 heterocycles. The van der Waals surface area contributed by atoms with Crippen molar-refractivity contribution in [1.82, 2.24) is 20.3 Å². The fraction of sp³-hybridized carbons (Fsp3) is 0.333. The van der Waals surface area contributed by atoms with Gasteiger partial charge in [0.15, 0.2) is 0 Å². The Hall–Kier alpha value is -3.32. The van der Waals surface area contributed by atoms with Gasteiger partial charge in [0.1, 0.15) is 11.9 Å². The molecule has 0 saturated heterocycles. The summed E-state index contributed by atoms with van der Waals surface area (Å²) in [7, 11) is 0. The van der Waals surface area contributed by atoms with E-state index in [0.29, 0.717) is 24.3 Å². The minimum Gasteiger partial charge on any atom is -0.354 e. The third-order valence-corrected chi connectivity index (χ3v) is 5.85. The standard InChI is InChI=1S/C24H28N6O/c25-22(19-6-2-1-3-7-19)23(31)28-16-17-9-11-18(12-10-17)20-13-15-27-24(29-20)30-21-8-4-5-14-26-21/h1-8,13-15,17-18,22H,9-12,16,25H2,(H,28,31)(H,26,27,29,30)/t17?,18?,22-/m0/s1. The highest BCUT2D eigenvalue weighted by molar-refractivity contribution is 5.82. The van der Waals surface area contributed by atoms with Gasteiger partial charge in [-0.05, 0) is 55.4 Å². The van der Waals surface area contributed by atoms with E-state index >= 15 is 0 Å². The highest BCUT2D eigenvalue weighted by Crippen LogP contribution is 2.35. The van der Waals surface area contributed by atoms with Crippen LogP contribution >= 0.6 is 0 Å². The van der Waals surface area contributed by atoms with Crippen LogP contribution in [0.15, 0.2) is 67.0 Å². The predicted octanol–water partition coefficient (Wildman–Crippen LogP) is 3.71. The summed E-state index contributed by atoms with van der Waals surface area (Å²) in [5.41, 5.74) is 7.98. The molecular formula is C24H28N6O. The van der Waals surface area contributed by atoms with Crippen LogP contribution in [0.25, 0.3) is 0 Å². The van der Waals surface area contributed by atoms with Gasteiger partial charge >= 0.3 is 0 Å². The van der Waals surface area contributed by atoms with Gasteiger partial charge in [-0.25, -0.2) is 15.0 Å². The number of benzene rings is 1. The molecule has 0 unspecified atom stereocenters. The zero-order valence-electron chi connectivity index (χ0n) is 17.4. The van der Waals surface area contributed by atoms with Gasteiger partial charge in [-0.1, -0.05) is 36.4 Å². The van der Waals surface area contributed by atoms with E-state index in [2.05, 4.69) is 20.6 Å². The molecule has 160 valence electrons. The fourth-order valence-corrected chi connectivity index (χ4v) is 4.04. The maximum absolute atomic E-state index is 12.4. The smallest absolute Gasteiger partial charge is 0.241 e. The lowest BCUT2D eigenvalue weighted by molar-refractivity contribution is -0.122. The van der Waals surface area contributed by atoms with E-state index in [4.69, 9.17) is 10.7 Å². The molecule has 31 heavy (non-hydrogen) atoms. The maximum Gasteiger partial charge on any atom is 0.241 e. The topological polar surface area (TPSA) is 106 Å². The van der Waals surface area contributed by atoms with Crippen molar-refractivity contribution >= 4 is 17.7 Å². The third-order valence-electron chi connectivity index (χ3n) is 5.85. The van der Waals surface area contributed by atoms with Gasteiger partial charge in [0, 0.05) is 30.6 Å². The Morgan fingerprint density at radius 2 is 1.74 bits per heavy atom. The summed E-state index contributed by atoms with van der Waals surface area (Å²) in [6.07, 6.45) is 7.73. The molecule has 1 amide bonds. The summed E-state index contributed by atoms with van der Waals surface area (Å²) in [5.74, 6) is 2.06. The third kappa shape index (κ3) is 5.64. The molecular weight excluding hydrogens is 388 g/mol. The monoisotopic (exact) mass is 416 g/mol. The van der Waals surface area contributed by atoms with Crippen LogP contribution in [0.1, 0.15) is 48.9 Å². The summed E-state index contributed by atoms with van der Waals surface area (Å²) >= 11 is 0. The molecule has 1 aliphatic carbocycles. The summed E-state index contributed by atoms with van der Waals surface area (Å²) in [6, 6.07) is 16.5. The van der Waals surface area contributed by atoms with Crippen LogP contribution < -0.4 is 16.4 Å². The zero-order chi connectivity index (χ0) is 21.5. The maximum atomic E-state index is 12.4. The van der Waals surface area contributed by atoms with E-state index in [9.17, 15) is 4.79 Å². The zero-order valence-corrected chi connectivity index (χ0v) is 17.4. The van der Waals surface area contributed by atoms with E-state index < -0.39 is 6.04 Å². The summed E-state index contributed by atoms with van der Waals surface area (Å²) in [4.78, 5) is 25.7. The average Bonchev–Trinajstić information content (AvgIpc) is 2.84. The van der Waals surface area contributed by atoms with Crippen LogP contribution in [-0.4, -0.2) is 27.4 Å². The van der Waals surface area contributed by atoms with Crippen molar-refractivity contribution in [3.05, 3.63) is 78.2 Å². The molecule has 4 rings (SSSR count). The molecule has 1 aliphatic rings. The molecule has 0 bridgehead atoms. The highest BCUT2D eigenvalue weighted by Gasteiger charge is 2.25. The number of nitrogens with two attached hydrogens (primary N) is 1. The van der Waals surface area contributed by atoms with E-state index in [1.165, 1.54) is 0 Å². The molecule has 3 aromatic rings. The van der Waals surface area contributed by atoms with E-state index in [1.807, 2.05) is 54.6 Å². The van der Waals surface area contributed by atoms with Gasteiger partial charge in [-0.3, -0.25) is 4.79 Å².